The Morgan fingerprint density at radius 1 is 1.00 bits per heavy atom. The van der Waals surface area contributed by atoms with Crippen molar-refractivity contribution in [3.8, 4) is 0 Å². The van der Waals surface area contributed by atoms with Gasteiger partial charge in [-0.2, -0.15) is 0 Å². The van der Waals surface area contributed by atoms with Gasteiger partial charge in [-0.1, -0.05) is 37.3 Å². The second kappa shape index (κ2) is 8.07. The summed E-state index contributed by atoms with van der Waals surface area (Å²) < 4.78 is 0. The molecule has 0 radical (unpaired) electrons. The summed E-state index contributed by atoms with van der Waals surface area (Å²) in [6.45, 7) is 5.35. The molecular weight excluding hydrogens is 364 g/mol. The molecule has 2 heterocycles. The van der Waals surface area contributed by atoms with E-state index in [9.17, 15) is 0 Å². The third-order valence-electron chi connectivity index (χ3n) is 5.24. The maximum Gasteiger partial charge on any atom is 0.185 e. The molecule has 28 heavy (non-hydrogen) atoms. The predicted molar refractivity (Wildman–Crippen MR) is 117 cm³/mol. The lowest BCUT2D eigenvalue weighted by Crippen LogP contribution is -2.20. The van der Waals surface area contributed by atoms with E-state index in [1.807, 2.05) is 12.3 Å². The van der Waals surface area contributed by atoms with Crippen molar-refractivity contribution in [2.24, 2.45) is 0 Å². The summed E-state index contributed by atoms with van der Waals surface area (Å²) in [6.07, 6.45) is 6.51. The molecule has 1 unspecified atom stereocenters. The van der Waals surface area contributed by atoms with E-state index in [2.05, 4.69) is 77.1 Å². The van der Waals surface area contributed by atoms with Gasteiger partial charge in [0.05, 0.1) is 11.0 Å². The molecule has 0 amide bonds. The summed E-state index contributed by atoms with van der Waals surface area (Å²) in [4.78, 5) is 17.0. The minimum Gasteiger partial charge on any atom is -0.351 e. The van der Waals surface area contributed by atoms with Gasteiger partial charge < -0.3 is 4.90 Å². The molecule has 4 rings (SSSR count). The summed E-state index contributed by atoms with van der Waals surface area (Å²) in [5.74, 6) is 0.280. The lowest BCUT2D eigenvalue weighted by molar-refractivity contribution is 0.866. The number of fused-ring (bicyclic) bond motifs is 1. The second-order valence-corrected chi connectivity index (χ2v) is 8.21. The molecule has 5 heteroatoms. The molecule has 1 atom stereocenters. The third kappa shape index (κ3) is 3.90. The van der Waals surface area contributed by atoms with Gasteiger partial charge in [0.1, 0.15) is 0 Å². The molecule has 0 aliphatic carbocycles. The average molecular weight is 389 g/mol. The van der Waals surface area contributed by atoms with Gasteiger partial charge in [-0.15, -0.1) is 11.3 Å². The van der Waals surface area contributed by atoms with Crippen LogP contribution in [-0.4, -0.2) is 28.5 Å². The highest BCUT2D eigenvalue weighted by atomic mass is 32.1. The lowest BCUT2D eigenvalue weighted by atomic mass is 9.99. The van der Waals surface area contributed by atoms with Gasteiger partial charge in [0.25, 0.3) is 0 Å². The standard InChI is InChI=1S/C23H24N4S/c1-16-6-4-5-7-18(16)10-13-27(3)23-26-15-22(28-23)17(2)19-8-9-20-21(14-19)25-12-11-24-20/h4-9,11-12,14-15,17H,10,13H2,1-3H3. The van der Waals surface area contributed by atoms with Gasteiger partial charge in [-0.25, -0.2) is 4.98 Å². The number of hydrogen-bond acceptors (Lipinski definition) is 5. The molecule has 0 aliphatic heterocycles. The van der Waals surface area contributed by atoms with E-state index >= 15 is 0 Å². The van der Waals surface area contributed by atoms with Crippen LogP contribution in [0, 0.1) is 6.92 Å². The smallest absolute Gasteiger partial charge is 0.185 e. The fraction of sp³-hybridized carbons (Fsp3) is 0.261. The van der Waals surface area contributed by atoms with Gasteiger partial charge in [0.2, 0.25) is 0 Å². The number of anilines is 1. The number of nitrogens with zero attached hydrogens (tertiary/aromatic N) is 4. The Kier molecular flexibility index (Phi) is 5.35. The van der Waals surface area contributed by atoms with E-state index in [0.717, 1.165) is 29.1 Å². The third-order valence-corrected chi connectivity index (χ3v) is 6.53. The van der Waals surface area contributed by atoms with Crippen LogP contribution in [-0.2, 0) is 6.42 Å². The highest BCUT2D eigenvalue weighted by molar-refractivity contribution is 7.15. The van der Waals surface area contributed by atoms with Crippen molar-refractivity contribution in [2.75, 3.05) is 18.5 Å². The van der Waals surface area contributed by atoms with Crippen LogP contribution in [0.1, 0.15) is 34.4 Å². The van der Waals surface area contributed by atoms with Crippen LogP contribution in [0.15, 0.2) is 61.1 Å². The first kappa shape index (κ1) is 18.6. The highest BCUT2D eigenvalue weighted by Crippen LogP contribution is 2.33. The molecule has 0 fully saturated rings. The van der Waals surface area contributed by atoms with Gasteiger partial charge in [-0.05, 0) is 42.2 Å². The van der Waals surface area contributed by atoms with E-state index in [1.165, 1.54) is 21.6 Å². The molecule has 0 aliphatic rings. The van der Waals surface area contributed by atoms with E-state index in [0.29, 0.717) is 0 Å². The number of likely N-dealkylation sites (N-methyl/N-ethyl adjacent to an activating group) is 1. The zero-order valence-corrected chi connectivity index (χ0v) is 17.3. The summed E-state index contributed by atoms with van der Waals surface area (Å²) >= 11 is 1.77. The van der Waals surface area contributed by atoms with Crippen LogP contribution in [0.3, 0.4) is 0 Å². The molecule has 0 saturated carbocycles. The van der Waals surface area contributed by atoms with Crippen LogP contribution >= 0.6 is 11.3 Å². The largest absolute Gasteiger partial charge is 0.351 e. The summed E-state index contributed by atoms with van der Waals surface area (Å²) in [6, 6.07) is 14.9. The van der Waals surface area contributed by atoms with Crippen LogP contribution < -0.4 is 4.90 Å². The van der Waals surface area contributed by atoms with E-state index in [-0.39, 0.29) is 5.92 Å². The Bertz CT molecular complexity index is 1090. The molecule has 2 aromatic heterocycles. The zero-order chi connectivity index (χ0) is 19.5. The zero-order valence-electron chi connectivity index (χ0n) is 16.5. The van der Waals surface area contributed by atoms with Crippen LogP contribution in [0.5, 0.6) is 0 Å². The molecule has 4 aromatic rings. The van der Waals surface area contributed by atoms with Crippen LogP contribution in [0.4, 0.5) is 5.13 Å². The topological polar surface area (TPSA) is 41.9 Å². The monoisotopic (exact) mass is 388 g/mol. The van der Waals surface area contributed by atoms with Crippen molar-refractivity contribution < 1.29 is 0 Å². The first-order chi connectivity index (χ1) is 13.6. The quantitative estimate of drug-likeness (QED) is 0.454. The Hall–Kier alpha value is -2.79. The number of rotatable bonds is 6. The summed E-state index contributed by atoms with van der Waals surface area (Å²) in [5, 5.41) is 1.07. The van der Waals surface area contributed by atoms with E-state index in [4.69, 9.17) is 0 Å². The molecule has 4 nitrogen and oxygen atoms in total. The van der Waals surface area contributed by atoms with Crippen molar-refractivity contribution in [3.63, 3.8) is 0 Å². The van der Waals surface area contributed by atoms with Crippen molar-refractivity contribution >= 4 is 27.5 Å². The van der Waals surface area contributed by atoms with Gasteiger partial charge in [0, 0.05) is 43.0 Å². The first-order valence-electron chi connectivity index (χ1n) is 9.54. The molecule has 0 bridgehead atoms. The van der Waals surface area contributed by atoms with Crippen molar-refractivity contribution in [1.82, 2.24) is 15.0 Å². The maximum atomic E-state index is 4.68. The lowest BCUT2D eigenvalue weighted by Gasteiger charge is -2.16. The van der Waals surface area contributed by atoms with Gasteiger partial charge >= 0.3 is 0 Å². The van der Waals surface area contributed by atoms with Gasteiger partial charge in [0.15, 0.2) is 5.13 Å². The Balaban J connectivity index is 1.47. The van der Waals surface area contributed by atoms with Crippen molar-refractivity contribution in [2.45, 2.75) is 26.2 Å². The molecule has 142 valence electrons. The van der Waals surface area contributed by atoms with Crippen LogP contribution in [0.25, 0.3) is 11.0 Å². The Labute approximate surface area is 169 Å². The van der Waals surface area contributed by atoms with E-state index < -0.39 is 0 Å². The fourth-order valence-corrected chi connectivity index (χ4v) is 4.32. The summed E-state index contributed by atoms with van der Waals surface area (Å²) in [7, 11) is 2.12. The Morgan fingerprint density at radius 2 is 1.79 bits per heavy atom. The predicted octanol–water partition coefficient (Wildman–Crippen LogP) is 5.23. The Morgan fingerprint density at radius 3 is 2.61 bits per heavy atom. The molecule has 0 N–H and O–H groups in total. The van der Waals surface area contributed by atoms with E-state index in [1.54, 1.807) is 23.7 Å². The number of benzene rings is 2. The van der Waals surface area contributed by atoms with Gasteiger partial charge in [-0.3, -0.25) is 9.97 Å². The number of hydrogen-bond donors (Lipinski definition) is 0. The SMILES string of the molecule is Cc1ccccc1CCN(C)c1ncc(C(C)c2ccc3nccnc3c2)s1. The second-order valence-electron chi connectivity index (χ2n) is 7.17. The van der Waals surface area contributed by atoms with Crippen molar-refractivity contribution in [3.05, 3.63) is 82.6 Å². The van der Waals surface area contributed by atoms with Crippen LogP contribution in [0.2, 0.25) is 0 Å². The number of thiazole rings is 1. The average Bonchev–Trinajstić information content (AvgIpc) is 3.22. The normalized spacial score (nSPS) is 12.2. The molecule has 0 saturated heterocycles. The molecule has 0 spiro atoms. The molecule has 2 aromatic carbocycles. The number of aromatic nitrogens is 3. The molecular formula is C23H24N4S. The highest BCUT2D eigenvalue weighted by Gasteiger charge is 2.15. The van der Waals surface area contributed by atoms with Crippen molar-refractivity contribution in [1.29, 1.82) is 0 Å². The first-order valence-corrected chi connectivity index (χ1v) is 10.4. The maximum absolute atomic E-state index is 4.68. The minimum absolute atomic E-state index is 0.280. The minimum atomic E-state index is 0.280. The summed E-state index contributed by atoms with van der Waals surface area (Å²) in [5.41, 5.74) is 5.86. The number of aryl methyl sites for hydroxylation is 1. The fourth-order valence-electron chi connectivity index (χ4n) is 3.34.